The highest BCUT2D eigenvalue weighted by Gasteiger charge is 2.17. The zero-order valence-corrected chi connectivity index (χ0v) is 24.3. The van der Waals surface area contributed by atoms with E-state index in [0.29, 0.717) is 31.0 Å². The van der Waals surface area contributed by atoms with Crippen molar-refractivity contribution in [1.82, 2.24) is 10.6 Å². The average molecular weight is 523 g/mol. The zero-order chi connectivity index (χ0) is 28.5. The van der Waals surface area contributed by atoms with Crippen LogP contribution in [0.5, 0.6) is 0 Å². The Hall–Kier alpha value is -2.58. The summed E-state index contributed by atoms with van der Waals surface area (Å²) in [6.45, 7) is 20.9. The fourth-order valence-electron chi connectivity index (χ4n) is 2.64. The van der Waals surface area contributed by atoms with Crippen LogP contribution >= 0.6 is 11.8 Å². The lowest BCUT2D eigenvalue weighted by atomic mass is 9.99. The van der Waals surface area contributed by atoms with E-state index in [2.05, 4.69) is 83.2 Å². The maximum atomic E-state index is 12.3. The van der Waals surface area contributed by atoms with Crippen LogP contribution in [0.1, 0.15) is 78.7 Å². The molecular formula is C28H50N4O3S. The Balaban J connectivity index is -0.000000929. The highest BCUT2D eigenvalue weighted by atomic mass is 32.2. The molecule has 0 fully saturated rings. The van der Waals surface area contributed by atoms with Crippen LogP contribution in [0, 0.1) is 5.92 Å². The van der Waals surface area contributed by atoms with Gasteiger partial charge in [-0.15, -0.1) is 0 Å². The van der Waals surface area contributed by atoms with Crippen LogP contribution in [0.3, 0.4) is 0 Å². The lowest BCUT2D eigenvalue weighted by Crippen LogP contribution is -2.45. The van der Waals surface area contributed by atoms with Crippen LogP contribution in [0.25, 0.3) is 0 Å². The molecule has 0 saturated heterocycles. The van der Waals surface area contributed by atoms with Gasteiger partial charge in [0.05, 0.1) is 0 Å². The Morgan fingerprint density at radius 2 is 1.67 bits per heavy atom. The van der Waals surface area contributed by atoms with E-state index in [-0.39, 0.29) is 18.4 Å². The fraction of sp³-hybridized carbons (Fsp3) is 0.536. The summed E-state index contributed by atoms with van der Waals surface area (Å²) in [5.41, 5.74) is 12.3. The first-order valence-corrected chi connectivity index (χ1v) is 13.2. The average Bonchev–Trinajstić information content (AvgIpc) is 2.84. The molecule has 1 aromatic rings. The van der Waals surface area contributed by atoms with Gasteiger partial charge in [-0.25, -0.2) is 0 Å². The smallest absolute Gasteiger partial charge is 0.220 e. The first kappa shape index (κ1) is 38.0. The van der Waals surface area contributed by atoms with E-state index in [0.717, 1.165) is 28.5 Å². The molecule has 2 atom stereocenters. The number of hydrogen-bond acceptors (Lipinski definition) is 6. The third-order valence-electron chi connectivity index (χ3n) is 4.79. The summed E-state index contributed by atoms with van der Waals surface area (Å²) in [5.74, 6) is 0.984. The predicted octanol–water partition coefficient (Wildman–Crippen LogP) is 5.42. The molecule has 2 unspecified atom stereocenters. The van der Waals surface area contributed by atoms with E-state index in [1.54, 1.807) is 11.8 Å². The Labute approximate surface area is 223 Å². The molecule has 7 nitrogen and oxygen atoms in total. The maximum Gasteiger partial charge on any atom is 0.220 e. The lowest BCUT2D eigenvalue weighted by Gasteiger charge is -2.24. The SMILES string of the molecule is C=C(CCC(=O)NC(CNC)C(C)CC)Sc1cc(C(C)C)ccc1N.C=CC=O.CCC.NC=O. The number of primary amides is 1. The summed E-state index contributed by atoms with van der Waals surface area (Å²) in [4.78, 5) is 31.9. The minimum absolute atomic E-state index is 0.0798. The summed E-state index contributed by atoms with van der Waals surface area (Å²) >= 11 is 1.57. The summed E-state index contributed by atoms with van der Waals surface area (Å²) in [6, 6.07) is 6.31. The third kappa shape index (κ3) is 20.8. The van der Waals surface area contributed by atoms with Gasteiger partial charge in [0.2, 0.25) is 12.3 Å². The summed E-state index contributed by atoms with van der Waals surface area (Å²) in [6.07, 6.45) is 5.47. The van der Waals surface area contributed by atoms with Gasteiger partial charge in [-0.1, -0.05) is 85.4 Å². The van der Waals surface area contributed by atoms with Crippen LogP contribution < -0.4 is 22.1 Å². The molecule has 36 heavy (non-hydrogen) atoms. The summed E-state index contributed by atoms with van der Waals surface area (Å²) in [7, 11) is 1.91. The van der Waals surface area contributed by atoms with Crippen molar-refractivity contribution in [2.75, 3.05) is 19.3 Å². The monoisotopic (exact) mass is 522 g/mol. The Bertz CT molecular complexity index is 748. The molecule has 0 heterocycles. The van der Waals surface area contributed by atoms with Gasteiger partial charge >= 0.3 is 0 Å². The van der Waals surface area contributed by atoms with Crippen LogP contribution in [-0.4, -0.2) is 38.2 Å². The van der Waals surface area contributed by atoms with Gasteiger partial charge in [0.1, 0.15) is 6.29 Å². The minimum atomic E-state index is 0.0798. The molecule has 0 aliphatic heterocycles. The molecule has 0 aromatic heterocycles. The van der Waals surface area contributed by atoms with Gasteiger partial charge in [0, 0.05) is 29.6 Å². The second-order valence-electron chi connectivity index (χ2n) is 8.42. The third-order valence-corrected chi connectivity index (χ3v) is 5.85. The van der Waals surface area contributed by atoms with Crippen LogP contribution in [0.2, 0.25) is 0 Å². The zero-order valence-electron chi connectivity index (χ0n) is 23.4. The molecule has 206 valence electrons. The lowest BCUT2D eigenvalue weighted by molar-refractivity contribution is -0.122. The van der Waals surface area contributed by atoms with E-state index in [9.17, 15) is 4.79 Å². The predicted molar refractivity (Wildman–Crippen MR) is 157 cm³/mol. The van der Waals surface area contributed by atoms with E-state index < -0.39 is 0 Å². The molecule has 0 bridgehead atoms. The minimum Gasteiger partial charge on any atom is -0.398 e. The van der Waals surface area contributed by atoms with Crippen molar-refractivity contribution in [2.45, 2.75) is 84.1 Å². The first-order chi connectivity index (χ1) is 17.0. The van der Waals surface area contributed by atoms with Crippen LogP contribution in [0.4, 0.5) is 5.69 Å². The second-order valence-corrected chi connectivity index (χ2v) is 9.65. The number of thioether (sulfide) groups is 1. The molecule has 0 aliphatic carbocycles. The molecule has 1 rings (SSSR count). The van der Waals surface area contributed by atoms with E-state index in [1.807, 2.05) is 13.1 Å². The first-order valence-electron chi connectivity index (χ1n) is 12.4. The van der Waals surface area contributed by atoms with Gasteiger partial charge in [0.25, 0.3) is 0 Å². The topological polar surface area (TPSA) is 127 Å². The number of allylic oxidation sites excluding steroid dienone is 2. The maximum absolute atomic E-state index is 12.3. The Morgan fingerprint density at radius 3 is 2.08 bits per heavy atom. The second kappa shape index (κ2) is 25.5. The number of nitrogens with one attached hydrogen (secondary N) is 2. The number of nitrogens with two attached hydrogens (primary N) is 2. The number of benzene rings is 1. The highest BCUT2D eigenvalue weighted by Crippen LogP contribution is 2.34. The molecular weight excluding hydrogens is 472 g/mol. The number of amides is 2. The molecule has 1 aromatic carbocycles. The summed E-state index contributed by atoms with van der Waals surface area (Å²) in [5, 5.41) is 6.30. The molecule has 0 radical (unpaired) electrons. The highest BCUT2D eigenvalue weighted by molar-refractivity contribution is 8.03. The van der Waals surface area contributed by atoms with Crippen molar-refractivity contribution in [3.63, 3.8) is 0 Å². The van der Waals surface area contributed by atoms with Crippen LogP contribution in [-0.2, 0) is 14.4 Å². The molecule has 8 heteroatoms. The van der Waals surface area contributed by atoms with Gasteiger partial charge in [0.15, 0.2) is 0 Å². The van der Waals surface area contributed by atoms with Crippen molar-refractivity contribution in [1.29, 1.82) is 0 Å². The van der Waals surface area contributed by atoms with Gasteiger partial charge in [-0.2, -0.15) is 0 Å². The van der Waals surface area contributed by atoms with Crippen molar-refractivity contribution in [3.8, 4) is 0 Å². The standard InChI is InChI=1S/C21H35N3OS.C3H4O.C3H8.CH3NO/c1-7-15(4)19(13-23-6)24-21(25)11-8-16(5)26-20-12-17(14(2)3)9-10-18(20)22;1-2-3-4;1-3-2;2-1-3/h9-10,12,14-15,19,23H,5,7-8,11,13,22H2,1-4,6H3,(H,24,25);2-3H,1H2;3H2,1-2H3;1H,(H2,2,3). The number of nitrogen functional groups attached to an aromatic ring is 1. The molecule has 2 amide bonds. The molecule has 0 saturated carbocycles. The van der Waals surface area contributed by atoms with Gasteiger partial charge < -0.3 is 22.1 Å². The van der Waals surface area contributed by atoms with Gasteiger partial charge in [-0.3, -0.25) is 14.4 Å². The normalized spacial score (nSPS) is 11.1. The number of carbonyl (C=O) groups is 3. The molecule has 0 aliphatic rings. The summed E-state index contributed by atoms with van der Waals surface area (Å²) < 4.78 is 0. The number of carbonyl (C=O) groups excluding carboxylic acids is 3. The van der Waals surface area contributed by atoms with Crippen molar-refractivity contribution in [3.05, 3.63) is 47.9 Å². The Kier molecular flexibility index (Phi) is 26.9. The molecule has 0 spiro atoms. The number of anilines is 1. The molecule has 6 N–H and O–H groups in total. The van der Waals surface area contributed by atoms with E-state index >= 15 is 0 Å². The fourth-order valence-corrected chi connectivity index (χ4v) is 3.53. The van der Waals surface area contributed by atoms with Crippen molar-refractivity contribution < 1.29 is 14.4 Å². The van der Waals surface area contributed by atoms with E-state index in [4.69, 9.17) is 15.3 Å². The quantitative estimate of drug-likeness (QED) is 0.126. The van der Waals surface area contributed by atoms with Crippen molar-refractivity contribution >= 4 is 36.1 Å². The van der Waals surface area contributed by atoms with Crippen LogP contribution in [0.15, 0.2) is 47.2 Å². The number of aldehydes is 1. The van der Waals surface area contributed by atoms with E-state index in [1.165, 1.54) is 18.1 Å². The Morgan fingerprint density at radius 1 is 1.14 bits per heavy atom. The number of hydrogen-bond donors (Lipinski definition) is 4. The number of likely N-dealkylation sites (N-methyl/N-ethyl adjacent to an activating group) is 1. The van der Waals surface area contributed by atoms with Gasteiger partial charge in [-0.05, 0) is 54.0 Å². The van der Waals surface area contributed by atoms with Crippen molar-refractivity contribution in [2.24, 2.45) is 11.7 Å². The largest absolute Gasteiger partial charge is 0.398 e. The number of rotatable bonds is 12.